The molecule has 1 atom stereocenters. The Hall–Kier alpha value is -1.93. The Labute approximate surface area is 110 Å². The SMILES string of the molecule is NC(=O)CC[C@H](NS(=O)(=O)c1ccccc1)C(=O)O. The molecule has 1 aromatic rings. The van der Waals surface area contributed by atoms with Gasteiger partial charge in [0.2, 0.25) is 15.9 Å². The highest BCUT2D eigenvalue weighted by Crippen LogP contribution is 2.09. The normalized spacial score (nSPS) is 12.8. The number of carbonyl (C=O) groups is 2. The van der Waals surface area contributed by atoms with Gasteiger partial charge in [0.1, 0.15) is 6.04 Å². The van der Waals surface area contributed by atoms with Gasteiger partial charge in [-0.25, -0.2) is 8.42 Å². The highest BCUT2D eigenvalue weighted by Gasteiger charge is 2.25. The lowest BCUT2D eigenvalue weighted by atomic mass is 10.2. The number of carboxylic acid groups (broad SMARTS) is 1. The number of carboxylic acids is 1. The highest BCUT2D eigenvalue weighted by molar-refractivity contribution is 7.89. The molecule has 8 heteroatoms. The molecule has 0 aliphatic rings. The summed E-state index contributed by atoms with van der Waals surface area (Å²) in [7, 11) is -3.94. The van der Waals surface area contributed by atoms with E-state index in [0.717, 1.165) is 0 Å². The molecule has 0 unspecified atom stereocenters. The van der Waals surface area contributed by atoms with Crippen LogP contribution in [0.3, 0.4) is 0 Å². The van der Waals surface area contributed by atoms with E-state index in [2.05, 4.69) is 0 Å². The Bertz CT molecular complexity index is 556. The lowest BCUT2D eigenvalue weighted by Gasteiger charge is -2.13. The first-order valence-electron chi connectivity index (χ1n) is 5.41. The topological polar surface area (TPSA) is 127 Å². The second-order valence-electron chi connectivity index (χ2n) is 3.83. The molecule has 0 spiro atoms. The zero-order valence-corrected chi connectivity index (χ0v) is 10.8. The van der Waals surface area contributed by atoms with Crippen LogP contribution in [0.4, 0.5) is 0 Å². The first-order valence-corrected chi connectivity index (χ1v) is 6.90. The fourth-order valence-electron chi connectivity index (χ4n) is 1.37. The van der Waals surface area contributed by atoms with Crippen LogP contribution in [0.1, 0.15) is 12.8 Å². The summed E-state index contributed by atoms with van der Waals surface area (Å²) in [6, 6.07) is 5.98. The smallest absolute Gasteiger partial charge is 0.321 e. The minimum absolute atomic E-state index is 0.0414. The van der Waals surface area contributed by atoms with E-state index in [1.54, 1.807) is 6.07 Å². The van der Waals surface area contributed by atoms with Crippen LogP contribution in [0.25, 0.3) is 0 Å². The van der Waals surface area contributed by atoms with Crippen LogP contribution in [0, 0.1) is 0 Å². The number of benzene rings is 1. The molecule has 0 aliphatic heterocycles. The van der Waals surface area contributed by atoms with Crippen molar-refractivity contribution in [3.05, 3.63) is 30.3 Å². The van der Waals surface area contributed by atoms with Gasteiger partial charge in [-0.05, 0) is 18.6 Å². The molecular formula is C11H14N2O5S. The number of hydrogen-bond acceptors (Lipinski definition) is 4. The van der Waals surface area contributed by atoms with E-state index in [1.807, 2.05) is 4.72 Å². The minimum atomic E-state index is -3.94. The maximum atomic E-state index is 11.9. The molecule has 1 amide bonds. The monoisotopic (exact) mass is 286 g/mol. The Morgan fingerprint density at radius 2 is 1.84 bits per heavy atom. The van der Waals surface area contributed by atoms with E-state index in [1.165, 1.54) is 24.3 Å². The summed E-state index contributed by atoms with van der Waals surface area (Å²) in [6.07, 6.45) is -0.412. The van der Waals surface area contributed by atoms with E-state index < -0.39 is 27.9 Å². The molecule has 1 aromatic carbocycles. The summed E-state index contributed by atoms with van der Waals surface area (Å²) in [5, 5.41) is 8.92. The molecule has 1 rings (SSSR count). The van der Waals surface area contributed by atoms with Crippen molar-refractivity contribution in [1.29, 1.82) is 0 Å². The zero-order chi connectivity index (χ0) is 14.5. The van der Waals surface area contributed by atoms with Gasteiger partial charge in [0, 0.05) is 6.42 Å². The summed E-state index contributed by atoms with van der Waals surface area (Å²) >= 11 is 0. The zero-order valence-electron chi connectivity index (χ0n) is 9.94. The van der Waals surface area contributed by atoms with Crippen LogP contribution in [-0.4, -0.2) is 31.4 Å². The molecule has 0 saturated heterocycles. The predicted molar refractivity (Wildman–Crippen MR) is 66.6 cm³/mol. The number of aliphatic carboxylic acids is 1. The summed E-state index contributed by atoms with van der Waals surface area (Å²) in [4.78, 5) is 21.5. The maximum absolute atomic E-state index is 11.9. The van der Waals surface area contributed by atoms with Gasteiger partial charge in [0.05, 0.1) is 4.90 Å². The molecule has 0 aliphatic carbocycles. The van der Waals surface area contributed by atoms with Crippen LogP contribution >= 0.6 is 0 Å². The Morgan fingerprint density at radius 1 is 1.26 bits per heavy atom. The molecule has 0 radical (unpaired) electrons. The molecule has 104 valence electrons. The summed E-state index contributed by atoms with van der Waals surface area (Å²) in [5.74, 6) is -2.05. The average molecular weight is 286 g/mol. The van der Waals surface area contributed by atoms with Gasteiger partial charge >= 0.3 is 5.97 Å². The van der Waals surface area contributed by atoms with Crippen molar-refractivity contribution in [2.24, 2.45) is 5.73 Å². The van der Waals surface area contributed by atoms with Gasteiger partial charge in [0.25, 0.3) is 0 Å². The number of hydrogen-bond donors (Lipinski definition) is 3. The first-order chi connectivity index (χ1) is 8.83. The van der Waals surface area contributed by atoms with Crippen molar-refractivity contribution in [3.63, 3.8) is 0 Å². The molecule has 0 heterocycles. The second kappa shape index (κ2) is 6.30. The van der Waals surface area contributed by atoms with Gasteiger partial charge in [-0.2, -0.15) is 4.72 Å². The minimum Gasteiger partial charge on any atom is -0.480 e. The summed E-state index contributed by atoms with van der Waals surface area (Å²) in [6.45, 7) is 0. The van der Waals surface area contributed by atoms with Crippen molar-refractivity contribution < 1.29 is 23.1 Å². The van der Waals surface area contributed by atoms with E-state index in [4.69, 9.17) is 10.8 Å². The van der Waals surface area contributed by atoms with Gasteiger partial charge in [-0.1, -0.05) is 18.2 Å². The third kappa shape index (κ3) is 4.68. The van der Waals surface area contributed by atoms with Crippen molar-refractivity contribution in [2.45, 2.75) is 23.8 Å². The summed E-state index contributed by atoms with van der Waals surface area (Å²) in [5.41, 5.74) is 4.91. The Kier molecular flexibility index (Phi) is 5.02. The van der Waals surface area contributed by atoms with Crippen LogP contribution in [-0.2, 0) is 19.6 Å². The molecule has 7 nitrogen and oxygen atoms in total. The number of amides is 1. The number of rotatable bonds is 7. The average Bonchev–Trinajstić information content (AvgIpc) is 2.35. The van der Waals surface area contributed by atoms with E-state index in [9.17, 15) is 18.0 Å². The van der Waals surface area contributed by atoms with Crippen molar-refractivity contribution in [2.75, 3.05) is 0 Å². The lowest BCUT2D eigenvalue weighted by Crippen LogP contribution is -2.41. The number of sulfonamides is 1. The summed E-state index contributed by atoms with van der Waals surface area (Å²) < 4.78 is 25.8. The molecular weight excluding hydrogens is 272 g/mol. The van der Waals surface area contributed by atoms with Crippen molar-refractivity contribution >= 4 is 21.9 Å². The Balaban J connectivity index is 2.84. The van der Waals surface area contributed by atoms with Crippen LogP contribution in [0.5, 0.6) is 0 Å². The van der Waals surface area contributed by atoms with Gasteiger partial charge in [-0.3, -0.25) is 9.59 Å². The molecule has 0 fully saturated rings. The first kappa shape index (κ1) is 15.1. The predicted octanol–water partition coefficient (Wildman–Crippen LogP) is -0.316. The number of primary amides is 1. The van der Waals surface area contributed by atoms with Crippen LogP contribution in [0.15, 0.2) is 35.2 Å². The molecule has 4 N–H and O–H groups in total. The van der Waals surface area contributed by atoms with Crippen LogP contribution in [0.2, 0.25) is 0 Å². The van der Waals surface area contributed by atoms with Crippen molar-refractivity contribution in [3.8, 4) is 0 Å². The quantitative estimate of drug-likeness (QED) is 0.633. The largest absolute Gasteiger partial charge is 0.480 e. The van der Waals surface area contributed by atoms with Crippen LogP contribution < -0.4 is 10.5 Å². The number of nitrogens with two attached hydrogens (primary N) is 1. The lowest BCUT2D eigenvalue weighted by molar-refractivity contribution is -0.139. The molecule has 0 aromatic heterocycles. The molecule has 0 saturated carbocycles. The van der Waals surface area contributed by atoms with Gasteiger partial charge in [0.15, 0.2) is 0 Å². The van der Waals surface area contributed by atoms with Gasteiger partial charge in [-0.15, -0.1) is 0 Å². The fourth-order valence-corrected chi connectivity index (χ4v) is 2.62. The Morgan fingerprint density at radius 3 is 2.32 bits per heavy atom. The third-order valence-corrected chi connectivity index (χ3v) is 3.82. The third-order valence-electron chi connectivity index (χ3n) is 2.33. The highest BCUT2D eigenvalue weighted by atomic mass is 32.2. The molecule has 0 bridgehead atoms. The number of nitrogens with one attached hydrogen (secondary N) is 1. The number of carbonyl (C=O) groups excluding carboxylic acids is 1. The maximum Gasteiger partial charge on any atom is 0.321 e. The van der Waals surface area contributed by atoms with E-state index >= 15 is 0 Å². The van der Waals surface area contributed by atoms with Gasteiger partial charge < -0.3 is 10.8 Å². The van der Waals surface area contributed by atoms with Crippen molar-refractivity contribution in [1.82, 2.24) is 4.72 Å². The van der Waals surface area contributed by atoms with E-state index in [0.29, 0.717) is 0 Å². The fraction of sp³-hybridized carbons (Fsp3) is 0.273. The standard InChI is InChI=1S/C11H14N2O5S/c12-10(14)7-6-9(11(15)16)13-19(17,18)8-4-2-1-3-5-8/h1-5,9,13H,6-7H2,(H2,12,14)(H,15,16)/t9-/m0/s1. The molecule has 19 heavy (non-hydrogen) atoms. The second-order valence-corrected chi connectivity index (χ2v) is 5.54. The van der Waals surface area contributed by atoms with E-state index in [-0.39, 0.29) is 17.7 Å².